The Morgan fingerprint density at radius 3 is 2.75 bits per heavy atom. The van der Waals surface area contributed by atoms with Crippen LogP contribution < -0.4 is 0 Å². The standard InChI is InChI=1S/C19H23FN2OS/c1-13-18(24-14(2)21-13)19(23)22-11-3-4-16(12-22)6-5-15-7-9-17(20)10-8-15/h7-10,16H,3-6,11-12H2,1-2H3. The minimum Gasteiger partial charge on any atom is -0.338 e. The van der Waals surface area contributed by atoms with Gasteiger partial charge in [-0.25, -0.2) is 9.37 Å². The number of nitrogens with zero attached hydrogens (tertiary/aromatic N) is 2. The fourth-order valence-electron chi connectivity index (χ4n) is 3.38. The van der Waals surface area contributed by atoms with E-state index < -0.39 is 0 Å². The molecule has 1 atom stereocenters. The second kappa shape index (κ2) is 7.43. The van der Waals surface area contributed by atoms with Crippen LogP contribution in [0.25, 0.3) is 0 Å². The zero-order chi connectivity index (χ0) is 17.1. The molecule has 1 aromatic carbocycles. The van der Waals surface area contributed by atoms with E-state index in [1.807, 2.05) is 30.9 Å². The normalized spacial score (nSPS) is 18.0. The van der Waals surface area contributed by atoms with Gasteiger partial charge in [-0.2, -0.15) is 0 Å². The summed E-state index contributed by atoms with van der Waals surface area (Å²) in [5.74, 6) is 0.454. The summed E-state index contributed by atoms with van der Waals surface area (Å²) >= 11 is 1.49. The third kappa shape index (κ3) is 4.01. The molecule has 1 aliphatic heterocycles. The molecule has 0 aliphatic carbocycles. The van der Waals surface area contributed by atoms with Gasteiger partial charge in [0.1, 0.15) is 10.7 Å². The number of likely N-dealkylation sites (tertiary alicyclic amines) is 1. The zero-order valence-corrected chi connectivity index (χ0v) is 15.0. The lowest BCUT2D eigenvalue weighted by Crippen LogP contribution is -2.40. The lowest BCUT2D eigenvalue weighted by atomic mass is 9.91. The first-order valence-corrected chi connectivity index (χ1v) is 9.32. The molecule has 128 valence electrons. The predicted molar refractivity (Wildman–Crippen MR) is 94.9 cm³/mol. The molecule has 1 unspecified atom stereocenters. The molecule has 24 heavy (non-hydrogen) atoms. The average molecular weight is 346 g/mol. The second-order valence-electron chi connectivity index (χ2n) is 6.57. The number of carbonyl (C=O) groups excluding carboxylic acids is 1. The quantitative estimate of drug-likeness (QED) is 0.823. The van der Waals surface area contributed by atoms with Crippen molar-refractivity contribution in [1.29, 1.82) is 0 Å². The highest BCUT2D eigenvalue weighted by Gasteiger charge is 2.26. The van der Waals surface area contributed by atoms with E-state index in [4.69, 9.17) is 0 Å². The predicted octanol–water partition coefficient (Wildman–Crippen LogP) is 4.38. The van der Waals surface area contributed by atoms with Gasteiger partial charge in [-0.15, -0.1) is 11.3 Å². The van der Waals surface area contributed by atoms with Gasteiger partial charge in [0.05, 0.1) is 10.7 Å². The number of carbonyl (C=O) groups is 1. The molecule has 2 aromatic rings. The summed E-state index contributed by atoms with van der Waals surface area (Å²) in [4.78, 5) is 19.9. The van der Waals surface area contributed by atoms with E-state index in [1.54, 1.807) is 0 Å². The maximum atomic E-state index is 13.0. The lowest BCUT2D eigenvalue weighted by molar-refractivity contribution is 0.0672. The summed E-state index contributed by atoms with van der Waals surface area (Å²) in [5.41, 5.74) is 2.00. The van der Waals surface area contributed by atoms with Crippen LogP contribution in [-0.4, -0.2) is 28.9 Å². The van der Waals surface area contributed by atoms with E-state index in [0.29, 0.717) is 5.92 Å². The average Bonchev–Trinajstić information content (AvgIpc) is 2.92. The van der Waals surface area contributed by atoms with Gasteiger partial charge in [-0.1, -0.05) is 12.1 Å². The molecule has 0 radical (unpaired) electrons. The molecule has 1 saturated heterocycles. The molecule has 0 saturated carbocycles. The van der Waals surface area contributed by atoms with Crippen LogP contribution >= 0.6 is 11.3 Å². The van der Waals surface area contributed by atoms with Crippen LogP contribution in [0.4, 0.5) is 4.39 Å². The van der Waals surface area contributed by atoms with Crippen LogP contribution in [-0.2, 0) is 6.42 Å². The molecule has 0 spiro atoms. The molecule has 0 bridgehead atoms. The number of rotatable bonds is 4. The minimum atomic E-state index is -0.191. The van der Waals surface area contributed by atoms with Crippen molar-refractivity contribution >= 4 is 17.2 Å². The number of amides is 1. The van der Waals surface area contributed by atoms with Gasteiger partial charge in [0, 0.05) is 13.1 Å². The van der Waals surface area contributed by atoms with Crippen LogP contribution in [0.5, 0.6) is 0 Å². The first kappa shape index (κ1) is 17.1. The van der Waals surface area contributed by atoms with E-state index in [-0.39, 0.29) is 11.7 Å². The van der Waals surface area contributed by atoms with Gasteiger partial charge in [0.15, 0.2) is 0 Å². The molecule has 2 heterocycles. The zero-order valence-electron chi connectivity index (χ0n) is 14.2. The smallest absolute Gasteiger partial charge is 0.265 e. The molecule has 3 rings (SSSR count). The Balaban J connectivity index is 1.58. The summed E-state index contributed by atoms with van der Waals surface area (Å²) in [6, 6.07) is 6.73. The van der Waals surface area contributed by atoms with Crippen molar-refractivity contribution in [2.24, 2.45) is 5.92 Å². The third-order valence-electron chi connectivity index (χ3n) is 4.66. The van der Waals surface area contributed by atoms with Crippen LogP contribution in [0, 0.1) is 25.6 Å². The first-order chi connectivity index (χ1) is 11.5. The number of piperidine rings is 1. The Morgan fingerprint density at radius 2 is 2.08 bits per heavy atom. The first-order valence-electron chi connectivity index (χ1n) is 8.50. The van der Waals surface area contributed by atoms with Gasteiger partial charge in [0.25, 0.3) is 5.91 Å². The number of halogens is 1. The molecule has 1 fully saturated rings. The Kier molecular flexibility index (Phi) is 5.29. The monoisotopic (exact) mass is 346 g/mol. The Labute approximate surface area is 146 Å². The van der Waals surface area contributed by atoms with Crippen molar-refractivity contribution in [1.82, 2.24) is 9.88 Å². The maximum absolute atomic E-state index is 13.0. The maximum Gasteiger partial charge on any atom is 0.265 e. The third-order valence-corrected chi connectivity index (χ3v) is 5.72. The molecule has 1 aliphatic rings. The van der Waals surface area contributed by atoms with Crippen LogP contribution in [0.1, 0.15) is 45.2 Å². The number of thiazole rings is 1. The Hall–Kier alpha value is -1.75. The van der Waals surface area contributed by atoms with Gasteiger partial charge in [0.2, 0.25) is 0 Å². The fourth-order valence-corrected chi connectivity index (χ4v) is 4.27. The number of aryl methyl sites for hydroxylation is 3. The van der Waals surface area contributed by atoms with E-state index >= 15 is 0 Å². The van der Waals surface area contributed by atoms with Crippen LogP contribution in [0.2, 0.25) is 0 Å². The molecule has 3 nitrogen and oxygen atoms in total. The molecular formula is C19H23FN2OS. The number of aromatic nitrogens is 1. The fraction of sp³-hybridized carbons (Fsp3) is 0.474. The van der Waals surface area contributed by atoms with E-state index in [2.05, 4.69) is 4.98 Å². The number of benzene rings is 1. The molecule has 1 amide bonds. The topological polar surface area (TPSA) is 33.2 Å². The lowest BCUT2D eigenvalue weighted by Gasteiger charge is -2.32. The van der Waals surface area contributed by atoms with Gasteiger partial charge >= 0.3 is 0 Å². The van der Waals surface area contributed by atoms with Crippen molar-refractivity contribution in [2.45, 2.75) is 39.5 Å². The van der Waals surface area contributed by atoms with E-state index in [0.717, 1.165) is 59.9 Å². The van der Waals surface area contributed by atoms with Crippen LogP contribution in [0.3, 0.4) is 0 Å². The van der Waals surface area contributed by atoms with Crippen molar-refractivity contribution in [2.75, 3.05) is 13.1 Å². The Morgan fingerprint density at radius 1 is 1.33 bits per heavy atom. The van der Waals surface area contributed by atoms with Crippen molar-refractivity contribution in [3.8, 4) is 0 Å². The van der Waals surface area contributed by atoms with Crippen LogP contribution in [0.15, 0.2) is 24.3 Å². The minimum absolute atomic E-state index is 0.129. The second-order valence-corrected chi connectivity index (χ2v) is 7.78. The summed E-state index contributed by atoms with van der Waals surface area (Å²) in [7, 11) is 0. The van der Waals surface area contributed by atoms with Gasteiger partial charge < -0.3 is 4.90 Å². The van der Waals surface area contributed by atoms with E-state index in [9.17, 15) is 9.18 Å². The summed E-state index contributed by atoms with van der Waals surface area (Å²) < 4.78 is 13.0. The number of hydrogen-bond acceptors (Lipinski definition) is 3. The van der Waals surface area contributed by atoms with E-state index in [1.165, 1.54) is 23.5 Å². The summed E-state index contributed by atoms with van der Waals surface area (Å²) in [5, 5.41) is 0.945. The van der Waals surface area contributed by atoms with Crippen molar-refractivity contribution in [3.63, 3.8) is 0 Å². The SMILES string of the molecule is Cc1nc(C)c(C(=O)N2CCCC(CCc3ccc(F)cc3)C2)s1. The number of hydrogen-bond donors (Lipinski definition) is 0. The molecular weight excluding hydrogens is 323 g/mol. The van der Waals surface area contributed by atoms with Crippen molar-refractivity contribution in [3.05, 3.63) is 51.2 Å². The van der Waals surface area contributed by atoms with Gasteiger partial charge in [-0.05, 0) is 63.1 Å². The molecule has 0 N–H and O–H groups in total. The molecule has 1 aromatic heterocycles. The van der Waals surface area contributed by atoms with Crippen molar-refractivity contribution < 1.29 is 9.18 Å². The largest absolute Gasteiger partial charge is 0.338 e. The highest BCUT2D eigenvalue weighted by atomic mass is 32.1. The highest BCUT2D eigenvalue weighted by molar-refractivity contribution is 7.13. The Bertz CT molecular complexity index is 711. The highest BCUT2D eigenvalue weighted by Crippen LogP contribution is 2.25. The summed E-state index contributed by atoms with van der Waals surface area (Å²) in [6.07, 6.45) is 4.18. The van der Waals surface area contributed by atoms with Gasteiger partial charge in [-0.3, -0.25) is 4.79 Å². The molecule has 5 heteroatoms. The summed E-state index contributed by atoms with van der Waals surface area (Å²) in [6.45, 7) is 5.50.